The zero-order valence-corrected chi connectivity index (χ0v) is 19.0. The molecule has 3 rings (SSSR count). The van der Waals surface area contributed by atoms with E-state index in [2.05, 4.69) is 5.32 Å². The Morgan fingerprint density at radius 3 is 2.38 bits per heavy atom. The number of anilines is 1. The molecule has 2 amide bonds. The van der Waals surface area contributed by atoms with Gasteiger partial charge in [-0.15, -0.1) is 0 Å². The first kappa shape index (κ1) is 23.3. The Morgan fingerprint density at radius 2 is 1.72 bits per heavy atom. The third kappa shape index (κ3) is 5.66. The van der Waals surface area contributed by atoms with Gasteiger partial charge in [-0.25, -0.2) is 4.79 Å². The highest BCUT2D eigenvalue weighted by Gasteiger charge is 2.40. The first-order valence-electron chi connectivity index (χ1n) is 10.8. The number of alkyl carbamates (subject to hydrolysis) is 1. The molecule has 32 heavy (non-hydrogen) atoms. The lowest BCUT2D eigenvalue weighted by atomic mass is 9.86. The van der Waals surface area contributed by atoms with Gasteiger partial charge in [-0.2, -0.15) is 0 Å². The smallest absolute Gasteiger partial charge is 0.408 e. The number of benzene rings is 2. The molecule has 0 spiro atoms. The first-order valence-corrected chi connectivity index (χ1v) is 10.8. The molecule has 2 atom stereocenters. The van der Waals surface area contributed by atoms with Crippen LogP contribution in [-0.4, -0.2) is 42.8 Å². The van der Waals surface area contributed by atoms with Gasteiger partial charge in [-0.1, -0.05) is 48.5 Å². The monoisotopic (exact) mass is 438 g/mol. The third-order valence-electron chi connectivity index (χ3n) is 5.15. The molecule has 0 fully saturated rings. The van der Waals surface area contributed by atoms with Crippen LogP contribution >= 0.6 is 0 Å². The molecule has 0 saturated heterocycles. The summed E-state index contributed by atoms with van der Waals surface area (Å²) in [5, 5.41) is 2.78. The van der Waals surface area contributed by atoms with E-state index in [1.54, 1.807) is 27.7 Å². The molecule has 7 nitrogen and oxygen atoms in total. The average Bonchev–Trinajstić information content (AvgIpc) is 2.84. The topological polar surface area (TPSA) is 84.9 Å². The lowest BCUT2D eigenvalue weighted by Gasteiger charge is -2.30. The van der Waals surface area contributed by atoms with Gasteiger partial charge in [0.15, 0.2) is 0 Å². The molecule has 2 aromatic carbocycles. The normalized spacial score (nSPS) is 18.4. The third-order valence-corrected chi connectivity index (χ3v) is 5.15. The summed E-state index contributed by atoms with van der Waals surface area (Å²) in [6, 6.07) is 16.1. The highest BCUT2D eigenvalue weighted by atomic mass is 16.6. The number of para-hydroxylation sites is 1. The summed E-state index contributed by atoms with van der Waals surface area (Å²) >= 11 is 0. The summed E-state index contributed by atoms with van der Waals surface area (Å²) in [6.45, 7) is 6.98. The van der Waals surface area contributed by atoms with E-state index in [1.165, 1.54) is 4.90 Å². The summed E-state index contributed by atoms with van der Waals surface area (Å²) in [5.74, 6) is -1.24. The molecule has 2 unspecified atom stereocenters. The molecule has 0 bridgehead atoms. The Morgan fingerprint density at radius 1 is 1.06 bits per heavy atom. The minimum absolute atomic E-state index is 0.217. The van der Waals surface area contributed by atoms with Gasteiger partial charge in [0.1, 0.15) is 18.2 Å². The zero-order chi connectivity index (χ0) is 23.3. The zero-order valence-electron chi connectivity index (χ0n) is 19.0. The van der Waals surface area contributed by atoms with Gasteiger partial charge in [0.25, 0.3) is 5.91 Å². The minimum Gasteiger partial charge on any atom is -0.465 e. The number of hydrogen-bond donors (Lipinski definition) is 1. The molecule has 0 aliphatic carbocycles. The molecule has 0 saturated carbocycles. The van der Waals surface area contributed by atoms with E-state index in [0.29, 0.717) is 12.1 Å². The number of fused-ring (bicyclic) bond motifs is 1. The number of hydrogen-bond acceptors (Lipinski definition) is 5. The summed E-state index contributed by atoms with van der Waals surface area (Å²) in [7, 11) is 0. The fraction of sp³-hybridized carbons (Fsp3) is 0.400. The van der Waals surface area contributed by atoms with E-state index < -0.39 is 23.7 Å². The van der Waals surface area contributed by atoms with Crippen molar-refractivity contribution >= 4 is 23.7 Å². The van der Waals surface area contributed by atoms with Gasteiger partial charge in [0, 0.05) is 11.6 Å². The van der Waals surface area contributed by atoms with Crippen LogP contribution in [0, 0.1) is 0 Å². The number of rotatable bonds is 5. The maximum atomic E-state index is 13.8. The van der Waals surface area contributed by atoms with Crippen LogP contribution in [0.15, 0.2) is 54.6 Å². The van der Waals surface area contributed by atoms with Gasteiger partial charge >= 0.3 is 12.1 Å². The number of nitrogens with one attached hydrogen (secondary N) is 1. The van der Waals surface area contributed by atoms with E-state index in [4.69, 9.17) is 9.47 Å². The van der Waals surface area contributed by atoms with Crippen LogP contribution in [0.3, 0.4) is 0 Å². The lowest BCUT2D eigenvalue weighted by Crippen LogP contribution is -2.53. The number of carbonyl (C=O) groups excluding carboxylic acids is 3. The summed E-state index contributed by atoms with van der Waals surface area (Å²) in [6.07, 6.45) is -0.176. The van der Waals surface area contributed by atoms with Crippen LogP contribution in [0.1, 0.15) is 44.7 Å². The van der Waals surface area contributed by atoms with E-state index in [1.807, 2.05) is 54.6 Å². The quantitative estimate of drug-likeness (QED) is 0.718. The average molecular weight is 439 g/mol. The first-order chi connectivity index (χ1) is 15.2. The van der Waals surface area contributed by atoms with Crippen LogP contribution in [-0.2, 0) is 25.5 Å². The maximum absolute atomic E-state index is 13.8. The van der Waals surface area contributed by atoms with Crippen molar-refractivity contribution in [2.24, 2.45) is 0 Å². The predicted molar refractivity (Wildman–Crippen MR) is 121 cm³/mol. The number of ether oxygens (including phenoxy) is 2. The highest BCUT2D eigenvalue weighted by Crippen LogP contribution is 2.35. The molecule has 1 aliphatic rings. The second kappa shape index (κ2) is 9.85. The fourth-order valence-electron chi connectivity index (χ4n) is 3.87. The summed E-state index contributed by atoms with van der Waals surface area (Å²) in [5.41, 5.74) is 1.75. The van der Waals surface area contributed by atoms with Crippen molar-refractivity contribution in [3.8, 4) is 0 Å². The van der Waals surface area contributed by atoms with Crippen LogP contribution in [0.2, 0.25) is 0 Å². The van der Waals surface area contributed by atoms with Crippen molar-refractivity contribution in [3.05, 3.63) is 65.7 Å². The van der Waals surface area contributed by atoms with Gasteiger partial charge in [0.05, 0.1) is 6.61 Å². The molecule has 1 aliphatic heterocycles. The maximum Gasteiger partial charge on any atom is 0.408 e. The molecule has 2 aromatic rings. The van der Waals surface area contributed by atoms with Crippen LogP contribution < -0.4 is 10.2 Å². The highest BCUT2D eigenvalue weighted by molar-refractivity contribution is 6.03. The molecular weight excluding hydrogens is 408 g/mol. The van der Waals surface area contributed by atoms with Crippen molar-refractivity contribution in [3.63, 3.8) is 0 Å². The Labute approximate surface area is 188 Å². The Balaban J connectivity index is 2.04. The van der Waals surface area contributed by atoms with Crippen molar-refractivity contribution in [1.82, 2.24) is 5.32 Å². The van der Waals surface area contributed by atoms with E-state index in [9.17, 15) is 14.4 Å². The van der Waals surface area contributed by atoms with E-state index >= 15 is 0 Å². The van der Waals surface area contributed by atoms with Gasteiger partial charge in [0.2, 0.25) is 0 Å². The summed E-state index contributed by atoms with van der Waals surface area (Å²) in [4.78, 5) is 40.2. The predicted octanol–water partition coefficient (Wildman–Crippen LogP) is 3.82. The Kier molecular flexibility index (Phi) is 7.18. The van der Waals surface area contributed by atoms with Crippen molar-refractivity contribution < 1.29 is 23.9 Å². The van der Waals surface area contributed by atoms with Crippen molar-refractivity contribution in [2.45, 2.75) is 51.7 Å². The van der Waals surface area contributed by atoms with Gasteiger partial charge in [-0.3, -0.25) is 14.5 Å². The van der Waals surface area contributed by atoms with E-state index in [0.717, 1.165) is 11.1 Å². The van der Waals surface area contributed by atoms with E-state index in [-0.39, 0.29) is 25.0 Å². The molecule has 0 aromatic heterocycles. The van der Waals surface area contributed by atoms with Gasteiger partial charge in [-0.05, 0) is 51.3 Å². The SMILES string of the molecule is CCOC(=O)CN1C(=O)C(NC(=O)OC(C)(C)C)C(c2ccccc2)Cc2ccccc21. The molecule has 1 heterocycles. The van der Waals surface area contributed by atoms with Crippen molar-refractivity contribution in [1.29, 1.82) is 0 Å². The summed E-state index contributed by atoms with van der Waals surface area (Å²) < 4.78 is 10.5. The van der Waals surface area contributed by atoms with Gasteiger partial charge < -0.3 is 14.8 Å². The Hall–Kier alpha value is -3.35. The molecular formula is C25H30N2O5. The second-order valence-corrected chi connectivity index (χ2v) is 8.70. The molecule has 1 N–H and O–H groups in total. The Bertz CT molecular complexity index is 968. The molecule has 0 radical (unpaired) electrons. The van der Waals surface area contributed by atoms with Crippen LogP contribution in [0.4, 0.5) is 10.5 Å². The fourth-order valence-corrected chi connectivity index (χ4v) is 3.87. The number of amides is 2. The number of nitrogens with zero attached hydrogens (tertiary/aromatic N) is 1. The molecule has 170 valence electrons. The van der Waals surface area contributed by atoms with Crippen LogP contribution in [0.25, 0.3) is 0 Å². The lowest BCUT2D eigenvalue weighted by molar-refractivity contribution is -0.142. The largest absolute Gasteiger partial charge is 0.465 e. The van der Waals surface area contributed by atoms with Crippen molar-refractivity contribution in [2.75, 3.05) is 18.1 Å². The minimum atomic E-state index is -0.922. The standard InChI is InChI=1S/C25H30N2O5/c1-5-31-21(28)16-27-20-14-10-9-13-18(20)15-19(17-11-7-6-8-12-17)22(23(27)29)26-24(30)32-25(2,3)4/h6-14,19,22H,5,15-16H2,1-4H3,(H,26,30). The number of esters is 1. The second-order valence-electron chi connectivity index (χ2n) is 8.70. The molecule has 7 heteroatoms. The number of carbonyl (C=O) groups is 3. The van der Waals surface area contributed by atoms with Crippen LogP contribution in [0.5, 0.6) is 0 Å².